The Morgan fingerprint density at radius 3 is 2.30 bits per heavy atom. The van der Waals surface area contributed by atoms with E-state index in [0.29, 0.717) is 5.56 Å². The Kier molecular flexibility index (Phi) is 5.17. The van der Waals surface area contributed by atoms with Crippen molar-refractivity contribution >= 4 is 5.91 Å². The molecule has 0 saturated carbocycles. The number of hydrogen-bond acceptors (Lipinski definition) is 3. The van der Waals surface area contributed by atoms with E-state index in [1.54, 1.807) is 0 Å². The third-order valence-electron chi connectivity index (χ3n) is 4.93. The van der Waals surface area contributed by atoms with Gasteiger partial charge in [0.25, 0.3) is 5.91 Å². The van der Waals surface area contributed by atoms with Gasteiger partial charge >= 0.3 is 0 Å². The first-order valence-electron chi connectivity index (χ1n) is 9.20. The fourth-order valence-corrected chi connectivity index (χ4v) is 3.42. The maximum Gasteiger partial charge on any atom is 0.251 e. The van der Waals surface area contributed by atoms with Crippen LogP contribution in [0.25, 0.3) is 5.69 Å². The predicted molar refractivity (Wildman–Crippen MR) is 106 cm³/mol. The van der Waals surface area contributed by atoms with Crippen LogP contribution in [0.15, 0.2) is 30.3 Å². The van der Waals surface area contributed by atoms with Crippen LogP contribution in [-0.2, 0) is 13.5 Å². The van der Waals surface area contributed by atoms with Crippen LogP contribution in [0.4, 0.5) is 0 Å². The Morgan fingerprint density at radius 2 is 1.78 bits per heavy atom. The van der Waals surface area contributed by atoms with Gasteiger partial charge in [-0.15, -0.1) is 0 Å². The van der Waals surface area contributed by atoms with Crippen molar-refractivity contribution < 1.29 is 4.79 Å². The van der Waals surface area contributed by atoms with E-state index in [4.69, 9.17) is 0 Å². The van der Waals surface area contributed by atoms with Gasteiger partial charge in [-0.25, -0.2) is 4.68 Å². The number of rotatable bonds is 5. The highest BCUT2D eigenvalue weighted by atomic mass is 16.1. The molecule has 0 saturated heterocycles. The molecule has 0 aliphatic carbocycles. The van der Waals surface area contributed by atoms with Gasteiger partial charge in [0.1, 0.15) is 0 Å². The van der Waals surface area contributed by atoms with E-state index < -0.39 is 0 Å². The summed E-state index contributed by atoms with van der Waals surface area (Å²) in [6.07, 6.45) is 0.765. The van der Waals surface area contributed by atoms with E-state index in [1.807, 2.05) is 74.4 Å². The lowest BCUT2D eigenvalue weighted by Gasteiger charge is -2.15. The Balaban J connectivity index is 1.68. The minimum atomic E-state index is -0.0679. The fourth-order valence-electron chi connectivity index (χ4n) is 3.42. The van der Waals surface area contributed by atoms with Crippen LogP contribution in [0, 0.1) is 27.7 Å². The van der Waals surface area contributed by atoms with E-state index in [1.165, 1.54) is 5.56 Å². The molecule has 0 aliphatic heterocycles. The second-order valence-electron chi connectivity index (χ2n) is 7.24. The molecule has 2 aromatic heterocycles. The van der Waals surface area contributed by atoms with Gasteiger partial charge in [-0.1, -0.05) is 0 Å². The molecule has 0 fully saturated rings. The summed E-state index contributed by atoms with van der Waals surface area (Å²) in [5, 5.41) is 12.0. The van der Waals surface area contributed by atoms with Gasteiger partial charge < -0.3 is 5.32 Å². The van der Waals surface area contributed by atoms with Crippen LogP contribution in [0.1, 0.15) is 45.6 Å². The molecule has 0 aliphatic rings. The number of aromatic nitrogens is 4. The lowest BCUT2D eigenvalue weighted by atomic mass is 10.0. The van der Waals surface area contributed by atoms with E-state index in [0.717, 1.165) is 34.9 Å². The second-order valence-corrected chi connectivity index (χ2v) is 7.24. The van der Waals surface area contributed by atoms with Crippen molar-refractivity contribution in [1.82, 2.24) is 24.9 Å². The first-order chi connectivity index (χ1) is 12.8. The predicted octanol–water partition coefficient (Wildman–Crippen LogP) is 3.20. The molecule has 0 radical (unpaired) electrons. The standard InChI is InChI=1S/C21H27N5O/c1-13(12-20-16(4)24-25(6)17(20)5)22-21(27)18-7-9-19(10-8-18)26-15(3)11-14(2)23-26/h7-11,13H,12H2,1-6H3,(H,22,27)/t13-/m0/s1. The van der Waals surface area contributed by atoms with Crippen molar-refractivity contribution in [1.29, 1.82) is 0 Å². The first-order valence-corrected chi connectivity index (χ1v) is 9.20. The Bertz CT molecular complexity index is 965. The summed E-state index contributed by atoms with van der Waals surface area (Å²) in [4.78, 5) is 12.6. The minimum absolute atomic E-state index is 0.0229. The lowest BCUT2D eigenvalue weighted by molar-refractivity contribution is 0.0940. The molecule has 0 spiro atoms. The number of hydrogen-bond donors (Lipinski definition) is 1. The minimum Gasteiger partial charge on any atom is -0.349 e. The molecule has 0 bridgehead atoms. The molecule has 3 aromatic rings. The largest absolute Gasteiger partial charge is 0.349 e. The van der Waals surface area contributed by atoms with Gasteiger partial charge in [0.15, 0.2) is 0 Å². The molecule has 1 amide bonds. The number of carbonyl (C=O) groups excluding carboxylic acids is 1. The zero-order valence-electron chi connectivity index (χ0n) is 16.9. The third kappa shape index (κ3) is 3.94. The SMILES string of the molecule is Cc1cc(C)n(-c2ccc(C(=O)N[C@@H](C)Cc3c(C)nn(C)c3C)cc2)n1. The van der Waals surface area contributed by atoms with Gasteiger partial charge in [-0.3, -0.25) is 9.48 Å². The number of benzene rings is 1. The highest BCUT2D eigenvalue weighted by molar-refractivity contribution is 5.94. The lowest BCUT2D eigenvalue weighted by Crippen LogP contribution is -2.34. The molecule has 6 heteroatoms. The van der Waals surface area contributed by atoms with Gasteiger partial charge in [0.05, 0.1) is 17.1 Å². The van der Waals surface area contributed by atoms with Crippen LogP contribution >= 0.6 is 0 Å². The third-order valence-corrected chi connectivity index (χ3v) is 4.93. The average molecular weight is 365 g/mol. The Morgan fingerprint density at radius 1 is 1.11 bits per heavy atom. The van der Waals surface area contributed by atoms with E-state index in [-0.39, 0.29) is 11.9 Å². The fraction of sp³-hybridized carbons (Fsp3) is 0.381. The summed E-state index contributed by atoms with van der Waals surface area (Å²) in [5.74, 6) is -0.0679. The number of nitrogens with one attached hydrogen (secondary N) is 1. The summed E-state index contributed by atoms with van der Waals surface area (Å²) < 4.78 is 3.77. The maximum atomic E-state index is 12.6. The average Bonchev–Trinajstić information content (AvgIpc) is 3.07. The van der Waals surface area contributed by atoms with Crippen LogP contribution in [0.5, 0.6) is 0 Å². The van der Waals surface area contributed by atoms with Crippen molar-refractivity contribution in [3.8, 4) is 5.69 Å². The monoisotopic (exact) mass is 365 g/mol. The molecule has 3 rings (SSSR count). The van der Waals surface area contributed by atoms with E-state index in [9.17, 15) is 4.79 Å². The van der Waals surface area contributed by atoms with Crippen molar-refractivity contribution in [2.75, 3.05) is 0 Å². The van der Waals surface area contributed by atoms with E-state index in [2.05, 4.69) is 22.4 Å². The number of aryl methyl sites for hydroxylation is 4. The first kappa shape index (κ1) is 18.9. The van der Waals surface area contributed by atoms with Crippen molar-refractivity contribution in [3.63, 3.8) is 0 Å². The highest BCUT2D eigenvalue weighted by Crippen LogP contribution is 2.15. The second kappa shape index (κ2) is 7.39. The zero-order chi connectivity index (χ0) is 19.7. The molecule has 6 nitrogen and oxygen atoms in total. The van der Waals surface area contributed by atoms with Crippen LogP contribution in [0.2, 0.25) is 0 Å². The van der Waals surface area contributed by atoms with Crippen molar-refractivity contribution in [2.45, 2.75) is 47.1 Å². The number of carbonyl (C=O) groups is 1. The highest BCUT2D eigenvalue weighted by Gasteiger charge is 2.15. The quantitative estimate of drug-likeness (QED) is 0.755. The molecule has 1 aromatic carbocycles. The molecule has 1 atom stereocenters. The van der Waals surface area contributed by atoms with Gasteiger partial charge in [0.2, 0.25) is 0 Å². The van der Waals surface area contributed by atoms with Crippen LogP contribution in [-0.4, -0.2) is 31.5 Å². The molecule has 1 N–H and O–H groups in total. The summed E-state index contributed by atoms with van der Waals surface area (Å²) in [5.41, 5.74) is 7.00. The molecule has 2 heterocycles. The molecule has 27 heavy (non-hydrogen) atoms. The normalized spacial score (nSPS) is 12.2. The Labute approximate surface area is 160 Å². The van der Waals surface area contributed by atoms with Gasteiger partial charge in [-0.2, -0.15) is 10.2 Å². The van der Waals surface area contributed by atoms with Crippen LogP contribution in [0.3, 0.4) is 0 Å². The van der Waals surface area contributed by atoms with Crippen LogP contribution < -0.4 is 5.32 Å². The van der Waals surface area contributed by atoms with E-state index >= 15 is 0 Å². The topological polar surface area (TPSA) is 64.7 Å². The summed E-state index contributed by atoms with van der Waals surface area (Å²) >= 11 is 0. The van der Waals surface area contributed by atoms with Gasteiger partial charge in [0, 0.05) is 30.0 Å². The molecular weight excluding hydrogens is 338 g/mol. The van der Waals surface area contributed by atoms with Crippen molar-refractivity contribution in [2.24, 2.45) is 7.05 Å². The molecule has 0 unspecified atom stereocenters. The van der Waals surface area contributed by atoms with Crippen molar-refractivity contribution in [3.05, 3.63) is 64.2 Å². The smallest absolute Gasteiger partial charge is 0.251 e. The summed E-state index contributed by atoms with van der Waals surface area (Å²) in [6.45, 7) is 10.1. The molecular formula is C21H27N5O. The maximum absolute atomic E-state index is 12.6. The summed E-state index contributed by atoms with van der Waals surface area (Å²) in [6, 6.07) is 9.59. The van der Waals surface area contributed by atoms with Gasteiger partial charge in [-0.05, 0) is 76.9 Å². The molecule has 142 valence electrons. The number of amides is 1. The zero-order valence-corrected chi connectivity index (χ0v) is 16.9. The summed E-state index contributed by atoms with van der Waals surface area (Å²) in [7, 11) is 1.94. The number of nitrogens with zero attached hydrogens (tertiary/aromatic N) is 4. The Hall–Kier alpha value is -2.89.